The summed E-state index contributed by atoms with van der Waals surface area (Å²) in [5, 5.41) is 0. The second-order valence-electron chi connectivity index (χ2n) is 6.69. The molecule has 0 amide bonds. The van der Waals surface area contributed by atoms with E-state index in [0.717, 1.165) is 12.7 Å². The van der Waals surface area contributed by atoms with Crippen LogP contribution in [0.15, 0.2) is 24.3 Å². The van der Waals surface area contributed by atoms with E-state index in [0.29, 0.717) is 0 Å². The van der Waals surface area contributed by atoms with Gasteiger partial charge in [-0.15, -0.1) is 0 Å². The second kappa shape index (κ2) is 21.1. The van der Waals surface area contributed by atoms with Gasteiger partial charge in [0.2, 0.25) is 0 Å². The molecule has 0 atom stereocenters. The summed E-state index contributed by atoms with van der Waals surface area (Å²) in [5.41, 5.74) is 0. The Balaban J connectivity index is 3.04. The third kappa shape index (κ3) is 21.1. The number of carbonyl (C=O) groups is 1. The fourth-order valence-electron chi connectivity index (χ4n) is 2.92. The van der Waals surface area contributed by atoms with Crippen molar-refractivity contribution in [2.24, 2.45) is 0 Å². The van der Waals surface area contributed by atoms with Gasteiger partial charge in [-0.25, -0.2) is 0 Å². The molecular formula is C22H40O. The third-order valence-electron chi connectivity index (χ3n) is 4.41. The van der Waals surface area contributed by atoms with E-state index >= 15 is 0 Å². The van der Waals surface area contributed by atoms with E-state index in [-0.39, 0.29) is 0 Å². The van der Waals surface area contributed by atoms with Crippen molar-refractivity contribution in [2.45, 2.75) is 110 Å². The molecule has 0 N–H and O–H groups in total. The summed E-state index contributed by atoms with van der Waals surface area (Å²) in [5.74, 6) is 0. The Morgan fingerprint density at radius 3 is 1.39 bits per heavy atom. The molecule has 0 aliphatic heterocycles. The standard InChI is InChI=1S/C22H40O/c1-2-3-4-5-6-7-8-9-10-11-12-13-14-15-16-17-18-19-20-21-22-23/h18-22H,2-17H2,1H3/b19-18+,21-20+. The van der Waals surface area contributed by atoms with Crippen molar-refractivity contribution in [1.29, 1.82) is 0 Å². The predicted octanol–water partition coefficient (Wildman–Crippen LogP) is 7.56. The van der Waals surface area contributed by atoms with Crippen LogP contribution in [-0.2, 0) is 4.79 Å². The Morgan fingerprint density at radius 1 is 0.522 bits per heavy atom. The largest absolute Gasteiger partial charge is 0.299 e. The summed E-state index contributed by atoms with van der Waals surface area (Å²) in [6.45, 7) is 2.28. The van der Waals surface area contributed by atoms with Crippen molar-refractivity contribution >= 4 is 6.29 Å². The molecule has 0 aliphatic rings. The maximum Gasteiger partial charge on any atom is 0.142 e. The Morgan fingerprint density at radius 2 is 0.957 bits per heavy atom. The van der Waals surface area contributed by atoms with E-state index in [9.17, 15) is 4.79 Å². The van der Waals surface area contributed by atoms with Crippen LogP contribution in [0.2, 0.25) is 0 Å². The number of allylic oxidation sites excluding steroid dienone is 4. The van der Waals surface area contributed by atoms with Crippen molar-refractivity contribution in [3.05, 3.63) is 24.3 Å². The first-order valence-electron chi connectivity index (χ1n) is 10.2. The number of carbonyl (C=O) groups excluding carboxylic acids is 1. The zero-order valence-corrected chi connectivity index (χ0v) is 15.6. The fraction of sp³-hybridized carbons (Fsp3) is 0.773. The molecule has 0 heterocycles. The molecule has 0 aromatic heterocycles. The predicted molar refractivity (Wildman–Crippen MR) is 104 cm³/mol. The van der Waals surface area contributed by atoms with Gasteiger partial charge in [-0.05, 0) is 18.9 Å². The highest BCUT2D eigenvalue weighted by molar-refractivity contribution is 5.65. The van der Waals surface area contributed by atoms with Crippen molar-refractivity contribution in [3.63, 3.8) is 0 Å². The Hall–Kier alpha value is -0.850. The summed E-state index contributed by atoms with van der Waals surface area (Å²) in [4.78, 5) is 10.1. The van der Waals surface area contributed by atoms with Gasteiger partial charge < -0.3 is 0 Å². The van der Waals surface area contributed by atoms with Crippen LogP contribution in [0, 0.1) is 0 Å². The van der Waals surface area contributed by atoms with Gasteiger partial charge in [0.1, 0.15) is 6.29 Å². The molecule has 23 heavy (non-hydrogen) atoms. The third-order valence-corrected chi connectivity index (χ3v) is 4.41. The van der Waals surface area contributed by atoms with Crippen LogP contribution in [0.5, 0.6) is 0 Å². The highest BCUT2D eigenvalue weighted by Gasteiger charge is 1.93. The topological polar surface area (TPSA) is 17.1 Å². The van der Waals surface area contributed by atoms with Crippen LogP contribution in [0.25, 0.3) is 0 Å². The molecule has 0 aromatic carbocycles. The van der Waals surface area contributed by atoms with Crippen LogP contribution in [0.1, 0.15) is 110 Å². The lowest BCUT2D eigenvalue weighted by atomic mass is 10.0. The number of hydrogen-bond acceptors (Lipinski definition) is 1. The second-order valence-corrected chi connectivity index (χ2v) is 6.69. The quantitative estimate of drug-likeness (QED) is 0.110. The zero-order valence-electron chi connectivity index (χ0n) is 15.6. The fourth-order valence-corrected chi connectivity index (χ4v) is 2.92. The van der Waals surface area contributed by atoms with E-state index in [2.05, 4.69) is 13.0 Å². The van der Waals surface area contributed by atoms with Crippen molar-refractivity contribution < 1.29 is 4.79 Å². The molecule has 0 saturated heterocycles. The molecule has 0 aliphatic carbocycles. The van der Waals surface area contributed by atoms with E-state index < -0.39 is 0 Å². The average Bonchev–Trinajstić information content (AvgIpc) is 2.57. The molecule has 0 fully saturated rings. The summed E-state index contributed by atoms with van der Waals surface area (Å²) in [6, 6.07) is 0. The molecule has 0 spiro atoms. The van der Waals surface area contributed by atoms with Crippen LogP contribution in [-0.4, -0.2) is 6.29 Å². The van der Waals surface area contributed by atoms with Gasteiger partial charge in [0.05, 0.1) is 0 Å². The number of aldehydes is 1. The molecule has 0 aromatic rings. The molecule has 0 bridgehead atoms. The summed E-state index contributed by atoms with van der Waals surface area (Å²) in [7, 11) is 0. The van der Waals surface area contributed by atoms with Crippen LogP contribution in [0.4, 0.5) is 0 Å². The lowest BCUT2D eigenvalue weighted by Crippen LogP contribution is -1.83. The zero-order chi connectivity index (χ0) is 16.8. The molecule has 1 heteroatoms. The minimum atomic E-state index is 0.817. The minimum absolute atomic E-state index is 0.817. The van der Waals surface area contributed by atoms with Crippen LogP contribution < -0.4 is 0 Å². The highest BCUT2D eigenvalue weighted by Crippen LogP contribution is 2.13. The summed E-state index contributed by atoms with van der Waals surface area (Å²) in [6.07, 6.45) is 30.6. The summed E-state index contributed by atoms with van der Waals surface area (Å²) < 4.78 is 0. The van der Waals surface area contributed by atoms with Gasteiger partial charge in [0, 0.05) is 0 Å². The van der Waals surface area contributed by atoms with Crippen molar-refractivity contribution in [3.8, 4) is 0 Å². The van der Waals surface area contributed by atoms with Gasteiger partial charge in [0.25, 0.3) is 0 Å². The number of hydrogen-bond donors (Lipinski definition) is 0. The van der Waals surface area contributed by atoms with Gasteiger partial charge in [-0.1, -0.05) is 115 Å². The van der Waals surface area contributed by atoms with Gasteiger partial charge in [0.15, 0.2) is 0 Å². The van der Waals surface area contributed by atoms with E-state index in [1.54, 1.807) is 6.08 Å². The molecule has 0 radical (unpaired) electrons. The monoisotopic (exact) mass is 320 g/mol. The van der Waals surface area contributed by atoms with Gasteiger partial charge >= 0.3 is 0 Å². The first-order valence-corrected chi connectivity index (χ1v) is 10.2. The number of rotatable bonds is 18. The van der Waals surface area contributed by atoms with E-state index in [4.69, 9.17) is 0 Å². The number of unbranched alkanes of at least 4 members (excludes halogenated alkanes) is 15. The normalized spacial score (nSPS) is 11.7. The highest BCUT2D eigenvalue weighted by atomic mass is 16.1. The lowest BCUT2D eigenvalue weighted by molar-refractivity contribution is -0.104. The minimum Gasteiger partial charge on any atom is -0.299 e. The molecule has 0 saturated carbocycles. The van der Waals surface area contributed by atoms with Crippen LogP contribution >= 0.6 is 0 Å². The lowest BCUT2D eigenvalue weighted by Gasteiger charge is -2.03. The Labute approximate surface area is 145 Å². The van der Waals surface area contributed by atoms with Crippen molar-refractivity contribution in [2.75, 3.05) is 0 Å². The maximum atomic E-state index is 10.1. The molecule has 134 valence electrons. The van der Waals surface area contributed by atoms with E-state index in [1.807, 2.05) is 6.08 Å². The SMILES string of the molecule is CCCCCCCCCCCCCCCCC/C=C/C=C/C=O. The Kier molecular flexibility index (Phi) is 20.4. The smallest absolute Gasteiger partial charge is 0.142 e. The summed E-state index contributed by atoms with van der Waals surface area (Å²) >= 11 is 0. The van der Waals surface area contributed by atoms with Gasteiger partial charge in [-0.3, -0.25) is 4.79 Å². The molecule has 1 nitrogen and oxygen atoms in total. The molecular weight excluding hydrogens is 280 g/mol. The first kappa shape index (κ1) is 22.1. The Bertz CT molecular complexity index is 278. The first-order chi connectivity index (χ1) is 11.4. The average molecular weight is 321 g/mol. The van der Waals surface area contributed by atoms with Crippen molar-refractivity contribution in [1.82, 2.24) is 0 Å². The molecule has 0 unspecified atom stereocenters. The van der Waals surface area contributed by atoms with Gasteiger partial charge in [-0.2, -0.15) is 0 Å². The molecule has 0 rings (SSSR count). The maximum absolute atomic E-state index is 10.1. The van der Waals surface area contributed by atoms with E-state index in [1.165, 1.54) is 102 Å². The van der Waals surface area contributed by atoms with Crippen LogP contribution in [0.3, 0.4) is 0 Å².